The molecule has 0 radical (unpaired) electrons. The molecule has 4 bridgehead atoms. The average molecular weight is 300 g/mol. The predicted molar refractivity (Wildman–Crippen MR) is 76.9 cm³/mol. The highest BCUT2D eigenvalue weighted by Gasteiger charge is 2.50. The van der Waals surface area contributed by atoms with Crippen LogP contribution in [0.1, 0.15) is 19.8 Å². The highest BCUT2D eigenvalue weighted by molar-refractivity contribution is 7.81. The highest BCUT2D eigenvalue weighted by atomic mass is 32.1. The quantitative estimate of drug-likeness (QED) is 0.335. The number of rotatable bonds is 5. The molecule has 0 saturated carbocycles. The maximum absolute atomic E-state index is 10.0. The van der Waals surface area contributed by atoms with Crippen molar-refractivity contribution in [3.05, 3.63) is 11.5 Å². The molecule has 0 aromatic carbocycles. The zero-order valence-electron chi connectivity index (χ0n) is 11.1. The molecule has 20 heavy (non-hydrogen) atoms. The lowest BCUT2D eigenvalue weighted by Gasteiger charge is -2.33. The molecule has 3 unspecified atom stereocenters. The first-order chi connectivity index (χ1) is 9.47. The molecule has 112 valence electrons. The minimum atomic E-state index is -0.642. The first kappa shape index (κ1) is 14.0. The Morgan fingerprint density at radius 3 is 3.00 bits per heavy atom. The first-order valence-corrected chi connectivity index (χ1v) is 7.18. The van der Waals surface area contributed by atoms with Crippen LogP contribution >= 0.6 is 12.6 Å². The van der Waals surface area contributed by atoms with Crippen LogP contribution in [0.3, 0.4) is 0 Å². The maximum atomic E-state index is 10.0. The number of aliphatic hydroxyl groups is 2. The molecule has 9 heteroatoms. The fourth-order valence-electron chi connectivity index (χ4n) is 2.87. The standard InChI is InChI=1S/C11H20N6O2S/c1-5(18)2-7(19)8(20)3-6-9-10-11(12)13-4-16(9)15-17(10)14-6/h4-9,14-15,18-20H,2-3,12H2,1H3/t5?,6?,7-,8+,9?/m1/s1. The lowest BCUT2D eigenvalue weighted by atomic mass is 9.97. The second-order valence-corrected chi connectivity index (χ2v) is 6.16. The van der Waals surface area contributed by atoms with Crippen LogP contribution in [0, 0.1) is 0 Å². The molecular weight excluding hydrogens is 280 g/mol. The molecule has 0 spiro atoms. The molecule has 2 fully saturated rings. The topological polar surface area (TPSA) is 109 Å². The van der Waals surface area contributed by atoms with Gasteiger partial charge in [0.25, 0.3) is 0 Å². The van der Waals surface area contributed by atoms with Crippen molar-refractivity contribution in [1.82, 2.24) is 21.1 Å². The molecule has 5 atom stereocenters. The van der Waals surface area contributed by atoms with E-state index in [1.807, 2.05) is 5.01 Å². The van der Waals surface area contributed by atoms with Crippen molar-refractivity contribution in [3.8, 4) is 0 Å². The van der Waals surface area contributed by atoms with Gasteiger partial charge >= 0.3 is 0 Å². The van der Waals surface area contributed by atoms with Gasteiger partial charge in [0, 0.05) is 11.7 Å². The van der Waals surface area contributed by atoms with Gasteiger partial charge in [-0.1, -0.05) is 0 Å². The Bertz CT molecular complexity index is 456. The molecule has 2 saturated heterocycles. The molecule has 8 nitrogen and oxygen atoms in total. The summed E-state index contributed by atoms with van der Waals surface area (Å²) in [5.74, 6) is 0.492. The van der Waals surface area contributed by atoms with Crippen molar-refractivity contribution in [2.75, 3.05) is 0 Å². The summed E-state index contributed by atoms with van der Waals surface area (Å²) >= 11 is 4.46. The number of nitrogens with two attached hydrogens (primary N) is 1. The summed E-state index contributed by atoms with van der Waals surface area (Å²) in [6.45, 7) is 1.66. The summed E-state index contributed by atoms with van der Waals surface area (Å²) in [5.41, 5.74) is 13.2. The minimum Gasteiger partial charge on any atom is -0.393 e. The van der Waals surface area contributed by atoms with Gasteiger partial charge in [-0.25, -0.2) is 15.5 Å². The number of hydrogen-bond acceptors (Lipinski definition) is 9. The first-order valence-electron chi connectivity index (χ1n) is 6.66. The summed E-state index contributed by atoms with van der Waals surface area (Å²) in [5, 5.41) is 22.8. The second kappa shape index (κ2) is 5.08. The SMILES string of the molecule is CC(O)C[C@@H](O)[C@@H](S)CC1NN2NN3C=NC(N)=C2C13. The van der Waals surface area contributed by atoms with E-state index < -0.39 is 12.2 Å². The van der Waals surface area contributed by atoms with Crippen LogP contribution in [-0.2, 0) is 0 Å². The Balaban J connectivity index is 1.65. The zero-order valence-corrected chi connectivity index (χ0v) is 12.0. The van der Waals surface area contributed by atoms with Gasteiger partial charge < -0.3 is 15.9 Å². The number of nitrogens with zero attached hydrogens (tertiary/aromatic N) is 3. The van der Waals surface area contributed by atoms with E-state index in [2.05, 4.69) is 28.6 Å². The molecular formula is C11H20N6O2S. The van der Waals surface area contributed by atoms with Gasteiger partial charge in [0.15, 0.2) is 0 Å². The van der Waals surface area contributed by atoms with Crippen molar-refractivity contribution in [2.24, 2.45) is 10.7 Å². The van der Waals surface area contributed by atoms with E-state index in [4.69, 9.17) is 5.73 Å². The molecule has 0 aromatic heterocycles. The summed E-state index contributed by atoms with van der Waals surface area (Å²) < 4.78 is 0. The maximum Gasteiger partial charge on any atom is 0.150 e. The van der Waals surface area contributed by atoms with Crippen LogP contribution in [0.5, 0.6) is 0 Å². The van der Waals surface area contributed by atoms with Gasteiger partial charge in [0.2, 0.25) is 0 Å². The van der Waals surface area contributed by atoms with E-state index in [-0.39, 0.29) is 17.3 Å². The Labute approximate surface area is 122 Å². The van der Waals surface area contributed by atoms with Crippen LogP contribution in [-0.4, -0.2) is 56.2 Å². The number of hydrogen-bond donors (Lipinski definition) is 6. The molecule has 3 aliphatic heterocycles. The van der Waals surface area contributed by atoms with Crippen molar-refractivity contribution in [1.29, 1.82) is 0 Å². The van der Waals surface area contributed by atoms with E-state index in [9.17, 15) is 10.2 Å². The van der Waals surface area contributed by atoms with Gasteiger partial charge in [-0.3, -0.25) is 5.01 Å². The third-order valence-corrected chi connectivity index (χ3v) is 4.37. The Hall–Kier alpha value is -1.00. The molecule has 6 N–H and O–H groups in total. The van der Waals surface area contributed by atoms with E-state index in [0.717, 1.165) is 5.70 Å². The van der Waals surface area contributed by atoms with Crippen LogP contribution in [0.4, 0.5) is 0 Å². The second-order valence-electron chi connectivity index (χ2n) is 5.49. The zero-order chi connectivity index (χ0) is 14.4. The van der Waals surface area contributed by atoms with Crippen molar-refractivity contribution < 1.29 is 10.2 Å². The van der Waals surface area contributed by atoms with Gasteiger partial charge in [-0.05, 0) is 13.3 Å². The van der Waals surface area contributed by atoms with Crippen LogP contribution in [0.2, 0.25) is 0 Å². The number of aliphatic imine (C=N–C) groups is 1. The summed E-state index contributed by atoms with van der Waals surface area (Å²) in [4.78, 5) is 4.10. The molecule has 0 aliphatic carbocycles. The third kappa shape index (κ3) is 2.25. The molecule has 3 heterocycles. The summed E-state index contributed by atoms with van der Waals surface area (Å²) in [6.07, 6.45) is 1.46. The monoisotopic (exact) mass is 300 g/mol. The third-order valence-electron chi connectivity index (χ3n) is 3.82. The van der Waals surface area contributed by atoms with Crippen molar-refractivity contribution in [2.45, 2.75) is 49.3 Å². The highest BCUT2D eigenvalue weighted by Crippen LogP contribution is 2.34. The normalized spacial score (nSPS) is 32.0. The van der Waals surface area contributed by atoms with Gasteiger partial charge in [0.05, 0.1) is 18.2 Å². The largest absolute Gasteiger partial charge is 0.393 e. The average Bonchev–Trinajstić information content (AvgIpc) is 2.85. The van der Waals surface area contributed by atoms with E-state index in [1.54, 1.807) is 18.4 Å². The van der Waals surface area contributed by atoms with Crippen LogP contribution in [0.25, 0.3) is 0 Å². The van der Waals surface area contributed by atoms with E-state index in [1.165, 1.54) is 0 Å². The number of hydrazine groups is 3. The fraction of sp³-hybridized carbons (Fsp3) is 0.727. The molecule has 0 aromatic rings. The molecule has 3 rings (SSSR count). The van der Waals surface area contributed by atoms with Crippen LogP contribution < -0.4 is 16.7 Å². The number of thiol groups is 1. The lowest BCUT2D eigenvalue weighted by Crippen LogP contribution is -2.59. The summed E-state index contributed by atoms with van der Waals surface area (Å²) in [7, 11) is 0. The van der Waals surface area contributed by atoms with E-state index in [0.29, 0.717) is 18.7 Å². The van der Waals surface area contributed by atoms with Crippen molar-refractivity contribution >= 4 is 19.0 Å². The van der Waals surface area contributed by atoms with Gasteiger partial charge in [-0.2, -0.15) is 12.6 Å². The number of aliphatic hydroxyl groups excluding tert-OH is 2. The lowest BCUT2D eigenvalue weighted by molar-refractivity contribution is 0.0491. The van der Waals surface area contributed by atoms with Gasteiger partial charge in [-0.15, -0.1) is 5.53 Å². The van der Waals surface area contributed by atoms with E-state index >= 15 is 0 Å². The molecule has 3 aliphatic rings. The molecule has 0 amide bonds. The summed E-state index contributed by atoms with van der Waals surface area (Å²) in [6, 6.07) is 0.142. The smallest absolute Gasteiger partial charge is 0.150 e. The Kier molecular flexibility index (Phi) is 3.55. The van der Waals surface area contributed by atoms with Crippen LogP contribution in [0.15, 0.2) is 16.5 Å². The number of nitrogens with one attached hydrogen (secondary N) is 2. The minimum absolute atomic E-state index is 0.0564. The fourth-order valence-corrected chi connectivity index (χ4v) is 3.22. The predicted octanol–water partition coefficient (Wildman–Crippen LogP) is -1.73. The Morgan fingerprint density at radius 2 is 2.30 bits per heavy atom. The van der Waals surface area contributed by atoms with Crippen molar-refractivity contribution in [3.63, 3.8) is 0 Å². The van der Waals surface area contributed by atoms with Gasteiger partial charge in [0.1, 0.15) is 23.9 Å². The Morgan fingerprint density at radius 1 is 1.55 bits per heavy atom.